The molecule has 20 heavy (non-hydrogen) atoms. The van der Waals surface area contributed by atoms with Crippen molar-refractivity contribution in [2.75, 3.05) is 25.6 Å². The molecule has 2 N–H and O–H groups in total. The molecule has 3 unspecified atom stereocenters. The molecular weight excluding hydrogens is 276 g/mol. The van der Waals surface area contributed by atoms with E-state index in [0.29, 0.717) is 0 Å². The molecule has 0 bridgehead atoms. The maximum atomic E-state index is 12.6. The molecule has 0 aliphatic heterocycles. The number of hydrogen-bond acceptors (Lipinski definition) is 4. The maximum absolute atomic E-state index is 12.6. The lowest BCUT2D eigenvalue weighted by molar-refractivity contribution is -0.141. The van der Waals surface area contributed by atoms with Gasteiger partial charge in [0, 0.05) is 31.8 Å². The van der Waals surface area contributed by atoms with Crippen LogP contribution in [-0.2, 0) is 14.6 Å². The topological polar surface area (TPSA) is 80.5 Å². The SMILES string of the molecule is CC1C(N)CCC(C(=O)N(C)CCS(C)(=O)=O)C1(C)C. The van der Waals surface area contributed by atoms with Crippen LogP contribution in [0.15, 0.2) is 0 Å². The van der Waals surface area contributed by atoms with Crippen molar-refractivity contribution < 1.29 is 13.2 Å². The average Bonchev–Trinajstić information content (AvgIpc) is 2.31. The van der Waals surface area contributed by atoms with Gasteiger partial charge in [-0.1, -0.05) is 20.8 Å². The predicted molar refractivity (Wildman–Crippen MR) is 81.0 cm³/mol. The first-order chi connectivity index (χ1) is 8.97. The Bertz CT molecular complexity index is 459. The Labute approximate surface area is 122 Å². The van der Waals surface area contributed by atoms with Crippen molar-refractivity contribution in [1.29, 1.82) is 0 Å². The Morgan fingerprint density at radius 2 is 1.90 bits per heavy atom. The number of carbonyl (C=O) groups excluding carboxylic acids is 1. The fraction of sp³-hybridized carbons (Fsp3) is 0.929. The van der Waals surface area contributed by atoms with E-state index >= 15 is 0 Å². The van der Waals surface area contributed by atoms with Crippen molar-refractivity contribution in [3.63, 3.8) is 0 Å². The second-order valence-corrected chi connectivity index (χ2v) is 9.05. The fourth-order valence-corrected chi connectivity index (χ4v) is 3.58. The summed E-state index contributed by atoms with van der Waals surface area (Å²) < 4.78 is 22.4. The minimum absolute atomic E-state index is 0.0114. The third-order valence-electron chi connectivity index (χ3n) is 4.97. The normalized spacial score (nSPS) is 30.0. The average molecular weight is 304 g/mol. The van der Waals surface area contributed by atoms with Crippen molar-refractivity contribution in [2.24, 2.45) is 23.0 Å². The standard InChI is InChI=1S/C14H28N2O3S/c1-10-12(15)7-6-11(14(10,2)3)13(17)16(4)8-9-20(5,18)19/h10-12H,6-9,15H2,1-5H3. The summed E-state index contributed by atoms with van der Waals surface area (Å²) in [6, 6.07) is 0.135. The summed E-state index contributed by atoms with van der Waals surface area (Å²) in [7, 11) is -1.36. The van der Waals surface area contributed by atoms with Gasteiger partial charge in [0.25, 0.3) is 0 Å². The van der Waals surface area contributed by atoms with Crippen LogP contribution in [0.1, 0.15) is 33.6 Å². The van der Waals surface area contributed by atoms with Gasteiger partial charge < -0.3 is 10.6 Å². The van der Waals surface area contributed by atoms with Crippen molar-refractivity contribution in [3.8, 4) is 0 Å². The zero-order valence-corrected chi connectivity index (χ0v) is 14.0. The second-order valence-electron chi connectivity index (χ2n) is 6.79. The maximum Gasteiger partial charge on any atom is 0.226 e. The van der Waals surface area contributed by atoms with E-state index in [1.54, 1.807) is 11.9 Å². The van der Waals surface area contributed by atoms with Gasteiger partial charge in [-0.2, -0.15) is 0 Å². The van der Waals surface area contributed by atoms with Gasteiger partial charge in [-0.3, -0.25) is 4.79 Å². The Kier molecular flexibility index (Phi) is 5.24. The van der Waals surface area contributed by atoms with Crippen LogP contribution in [0.25, 0.3) is 0 Å². The highest BCUT2D eigenvalue weighted by Crippen LogP contribution is 2.44. The number of amides is 1. The molecule has 0 saturated heterocycles. The molecule has 6 heteroatoms. The Hall–Kier alpha value is -0.620. The van der Waals surface area contributed by atoms with Crippen LogP contribution >= 0.6 is 0 Å². The van der Waals surface area contributed by atoms with Crippen molar-refractivity contribution >= 4 is 15.7 Å². The molecule has 1 aliphatic carbocycles. The first-order valence-electron chi connectivity index (χ1n) is 7.15. The van der Waals surface area contributed by atoms with Crippen molar-refractivity contribution in [1.82, 2.24) is 4.90 Å². The van der Waals surface area contributed by atoms with E-state index in [4.69, 9.17) is 5.73 Å². The quantitative estimate of drug-likeness (QED) is 0.836. The van der Waals surface area contributed by atoms with E-state index in [9.17, 15) is 13.2 Å². The van der Waals surface area contributed by atoms with E-state index in [1.807, 2.05) is 0 Å². The highest BCUT2D eigenvalue weighted by molar-refractivity contribution is 7.90. The minimum atomic E-state index is -3.05. The molecule has 3 atom stereocenters. The van der Waals surface area contributed by atoms with Gasteiger partial charge in [0.15, 0.2) is 0 Å². The Balaban J connectivity index is 2.76. The van der Waals surface area contributed by atoms with Gasteiger partial charge in [0.05, 0.1) is 5.75 Å². The second kappa shape index (κ2) is 6.02. The number of sulfone groups is 1. The number of carbonyl (C=O) groups is 1. The lowest BCUT2D eigenvalue weighted by atomic mass is 9.61. The molecule has 0 spiro atoms. The van der Waals surface area contributed by atoms with E-state index in [1.165, 1.54) is 6.26 Å². The van der Waals surface area contributed by atoms with Gasteiger partial charge in [-0.15, -0.1) is 0 Å². The van der Waals surface area contributed by atoms with E-state index in [-0.39, 0.29) is 41.5 Å². The first kappa shape index (κ1) is 17.4. The smallest absolute Gasteiger partial charge is 0.226 e. The first-order valence-corrected chi connectivity index (χ1v) is 9.21. The summed E-state index contributed by atoms with van der Waals surface area (Å²) in [5.74, 6) is 0.241. The molecule has 0 aromatic heterocycles. The zero-order chi connectivity index (χ0) is 15.7. The number of nitrogens with zero attached hydrogens (tertiary/aromatic N) is 1. The molecule has 1 rings (SSSR count). The van der Waals surface area contributed by atoms with Crippen LogP contribution in [0.5, 0.6) is 0 Å². The van der Waals surface area contributed by atoms with Gasteiger partial charge in [0.1, 0.15) is 9.84 Å². The summed E-state index contributed by atoms with van der Waals surface area (Å²) in [6.07, 6.45) is 2.82. The highest BCUT2D eigenvalue weighted by Gasteiger charge is 2.45. The van der Waals surface area contributed by atoms with E-state index in [0.717, 1.165) is 12.8 Å². The molecule has 1 amide bonds. The number of rotatable bonds is 4. The van der Waals surface area contributed by atoms with Crippen LogP contribution in [0, 0.1) is 17.3 Å². The molecule has 0 aromatic rings. The van der Waals surface area contributed by atoms with Gasteiger partial charge in [-0.05, 0) is 24.2 Å². The molecule has 5 nitrogen and oxygen atoms in total. The van der Waals surface area contributed by atoms with E-state index in [2.05, 4.69) is 20.8 Å². The molecule has 1 fully saturated rings. The largest absolute Gasteiger partial charge is 0.344 e. The Morgan fingerprint density at radius 3 is 2.40 bits per heavy atom. The third-order valence-corrected chi connectivity index (χ3v) is 5.90. The van der Waals surface area contributed by atoms with Crippen LogP contribution < -0.4 is 5.73 Å². The van der Waals surface area contributed by atoms with Gasteiger partial charge in [-0.25, -0.2) is 8.42 Å². The van der Waals surface area contributed by atoms with Crippen molar-refractivity contribution in [2.45, 2.75) is 39.7 Å². The molecule has 1 saturated carbocycles. The van der Waals surface area contributed by atoms with Gasteiger partial charge in [0.2, 0.25) is 5.91 Å². The zero-order valence-electron chi connectivity index (χ0n) is 13.2. The van der Waals surface area contributed by atoms with Crippen LogP contribution in [0.4, 0.5) is 0 Å². The highest BCUT2D eigenvalue weighted by atomic mass is 32.2. The fourth-order valence-electron chi connectivity index (χ4n) is 2.97. The lowest BCUT2D eigenvalue weighted by Crippen LogP contribution is -2.52. The van der Waals surface area contributed by atoms with Crippen LogP contribution in [-0.4, -0.2) is 50.9 Å². The molecular formula is C14H28N2O3S. The predicted octanol–water partition coefficient (Wildman–Crippen LogP) is 0.889. The van der Waals surface area contributed by atoms with Gasteiger partial charge >= 0.3 is 0 Å². The number of hydrogen-bond donors (Lipinski definition) is 1. The summed E-state index contributed by atoms with van der Waals surface area (Å²) in [5.41, 5.74) is 5.95. The summed E-state index contributed by atoms with van der Waals surface area (Å²) >= 11 is 0. The lowest BCUT2D eigenvalue weighted by Gasteiger charge is -2.47. The monoisotopic (exact) mass is 304 g/mol. The molecule has 0 radical (unpaired) electrons. The van der Waals surface area contributed by atoms with E-state index < -0.39 is 9.84 Å². The molecule has 1 aliphatic rings. The van der Waals surface area contributed by atoms with Crippen LogP contribution in [0.2, 0.25) is 0 Å². The molecule has 0 aromatic carbocycles. The third kappa shape index (κ3) is 3.95. The Morgan fingerprint density at radius 1 is 1.35 bits per heavy atom. The number of nitrogens with two attached hydrogens (primary N) is 1. The molecule has 118 valence electrons. The molecule has 0 heterocycles. The summed E-state index contributed by atoms with van der Waals surface area (Å²) in [6.45, 7) is 6.53. The van der Waals surface area contributed by atoms with Crippen molar-refractivity contribution in [3.05, 3.63) is 0 Å². The van der Waals surface area contributed by atoms with Crippen LogP contribution in [0.3, 0.4) is 0 Å². The summed E-state index contributed by atoms with van der Waals surface area (Å²) in [5, 5.41) is 0. The minimum Gasteiger partial charge on any atom is -0.344 e. The summed E-state index contributed by atoms with van der Waals surface area (Å²) in [4.78, 5) is 14.1.